The van der Waals surface area contributed by atoms with Crippen LogP contribution in [-0.4, -0.2) is 57.6 Å². The molecule has 19 heteroatoms. The Kier molecular flexibility index (Phi) is 8.73. The van der Waals surface area contributed by atoms with Gasteiger partial charge in [-0.25, -0.2) is 0 Å². The van der Waals surface area contributed by atoms with Crippen LogP contribution < -0.4 is 0 Å². The molecule has 2 aromatic heterocycles. The number of aromatic nitrogens is 2. The first kappa shape index (κ1) is 34.3. The summed E-state index contributed by atoms with van der Waals surface area (Å²) in [5, 5.41) is 0. The van der Waals surface area contributed by atoms with Gasteiger partial charge >= 0.3 is 47.6 Å². The molecule has 0 amide bonds. The first-order valence-electron chi connectivity index (χ1n) is 10.8. The van der Waals surface area contributed by atoms with Crippen molar-refractivity contribution in [3.63, 3.8) is 0 Å². The zero-order valence-corrected chi connectivity index (χ0v) is 19.9. The van der Waals surface area contributed by atoms with Gasteiger partial charge in [0.15, 0.2) is 0 Å². The van der Waals surface area contributed by atoms with Crippen LogP contribution in [0.5, 0.6) is 0 Å². The summed E-state index contributed by atoms with van der Waals surface area (Å²) in [5.41, 5.74) is 1.09. The summed E-state index contributed by atoms with van der Waals surface area (Å²) >= 11 is 0. The minimum absolute atomic E-state index is 0.0232. The maximum Gasteiger partial charge on any atom is 0.460 e. The number of hydrogen-bond acceptors (Lipinski definition) is 2. The molecule has 2 nitrogen and oxygen atoms in total. The molecular formula is C22H15F17N2. The van der Waals surface area contributed by atoms with Crippen LogP contribution in [-0.2, 0) is 6.42 Å². The van der Waals surface area contributed by atoms with E-state index in [9.17, 15) is 74.6 Å². The number of alkyl halides is 17. The zero-order valence-electron chi connectivity index (χ0n) is 19.9. The SMILES string of the molecule is Cc1ccnc(-c2cc(CCCC(F)(F)C(F)(F)C(F)(F)C(F)(F)C(F)(F)C(F)(F)C(F)(F)C(F)(F)F)ccn2)c1. The first-order valence-corrected chi connectivity index (χ1v) is 10.8. The van der Waals surface area contributed by atoms with Crippen LogP contribution >= 0.6 is 0 Å². The predicted octanol–water partition coefficient (Wildman–Crippen LogP) is 8.78. The Morgan fingerprint density at radius 3 is 1.41 bits per heavy atom. The molecule has 0 aromatic carbocycles. The summed E-state index contributed by atoms with van der Waals surface area (Å²) in [6, 6.07) is 5.42. The van der Waals surface area contributed by atoms with Crippen molar-refractivity contribution in [1.29, 1.82) is 0 Å². The Balaban J connectivity index is 2.32. The van der Waals surface area contributed by atoms with Crippen LogP contribution in [0.25, 0.3) is 11.4 Å². The van der Waals surface area contributed by atoms with Gasteiger partial charge in [0.05, 0.1) is 11.4 Å². The zero-order chi connectivity index (χ0) is 32.1. The number of aryl methyl sites for hydroxylation is 2. The molecule has 0 bridgehead atoms. The monoisotopic (exact) mass is 630 g/mol. The fraction of sp³-hybridized carbons (Fsp3) is 0.545. The smallest absolute Gasteiger partial charge is 0.255 e. The highest BCUT2D eigenvalue weighted by atomic mass is 19.4. The average Bonchev–Trinajstić information content (AvgIpc) is 2.82. The third-order valence-corrected chi connectivity index (χ3v) is 5.75. The fourth-order valence-corrected chi connectivity index (χ4v) is 3.31. The second kappa shape index (κ2) is 10.4. The van der Waals surface area contributed by atoms with Crippen molar-refractivity contribution >= 4 is 0 Å². The van der Waals surface area contributed by atoms with E-state index in [1.165, 1.54) is 18.3 Å². The van der Waals surface area contributed by atoms with Crippen molar-refractivity contribution in [2.24, 2.45) is 0 Å². The van der Waals surface area contributed by atoms with E-state index < -0.39 is 66.9 Å². The maximum absolute atomic E-state index is 14.1. The third-order valence-electron chi connectivity index (χ3n) is 5.75. The lowest BCUT2D eigenvalue weighted by Crippen LogP contribution is -2.74. The van der Waals surface area contributed by atoms with E-state index >= 15 is 0 Å². The van der Waals surface area contributed by atoms with Gasteiger partial charge in [0.1, 0.15) is 0 Å². The fourth-order valence-electron chi connectivity index (χ4n) is 3.31. The van der Waals surface area contributed by atoms with E-state index in [0.717, 1.165) is 12.3 Å². The molecule has 0 aliphatic heterocycles. The largest absolute Gasteiger partial charge is 0.460 e. The van der Waals surface area contributed by atoms with Crippen molar-refractivity contribution in [1.82, 2.24) is 9.97 Å². The molecule has 2 rings (SSSR count). The van der Waals surface area contributed by atoms with E-state index in [4.69, 9.17) is 0 Å². The van der Waals surface area contributed by atoms with Gasteiger partial charge < -0.3 is 0 Å². The number of hydrogen-bond donors (Lipinski definition) is 0. The Morgan fingerprint density at radius 1 is 0.537 bits per heavy atom. The molecule has 0 atom stereocenters. The molecule has 0 aliphatic rings. The number of rotatable bonds is 11. The van der Waals surface area contributed by atoms with Crippen molar-refractivity contribution in [3.8, 4) is 11.4 Å². The minimum Gasteiger partial charge on any atom is -0.255 e. The molecule has 0 fully saturated rings. The van der Waals surface area contributed by atoms with Crippen LogP contribution in [0.15, 0.2) is 36.7 Å². The summed E-state index contributed by atoms with van der Waals surface area (Å²) in [4.78, 5) is 7.87. The Labute approximate surface area is 218 Å². The predicted molar refractivity (Wildman–Crippen MR) is 106 cm³/mol. The van der Waals surface area contributed by atoms with E-state index in [-0.39, 0.29) is 17.0 Å². The lowest BCUT2D eigenvalue weighted by molar-refractivity contribution is -0.461. The number of halogens is 17. The van der Waals surface area contributed by atoms with Gasteiger partial charge in [0, 0.05) is 18.8 Å². The molecule has 0 aliphatic carbocycles. The normalized spacial score (nSPS) is 14.9. The van der Waals surface area contributed by atoms with Crippen molar-refractivity contribution in [3.05, 3.63) is 47.8 Å². The standard InChI is InChI=1S/C22H15F17N2/c1-11-4-7-40-13(9-11)14-10-12(5-8-41-14)3-2-6-15(23,24)16(25,26)17(27,28)18(29,30)19(31,32)20(33,34)21(35,36)22(37,38)39/h4-5,7-10H,2-3,6H2,1H3. The molecule has 0 unspecified atom stereocenters. The Morgan fingerprint density at radius 2 is 0.951 bits per heavy atom. The molecule has 0 saturated carbocycles. The first-order chi connectivity index (χ1) is 18.2. The molecule has 0 N–H and O–H groups in total. The molecule has 2 heterocycles. The quantitative estimate of drug-likeness (QED) is 0.232. The summed E-state index contributed by atoms with van der Waals surface area (Å²) in [5.74, 6) is -56.2. The van der Waals surface area contributed by atoms with Crippen LogP contribution in [0.2, 0.25) is 0 Å². The van der Waals surface area contributed by atoms with Crippen LogP contribution in [0.1, 0.15) is 24.0 Å². The van der Waals surface area contributed by atoms with Gasteiger partial charge in [-0.05, 0) is 55.2 Å². The molecule has 41 heavy (non-hydrogen) atoms. The van der Waals surface area contributed by atoms with Crippen molar-refractivity contribution < 1.29 is 74.6 Å². The maximum atomic E-state index is 14.1. The Hall–Kier alpha value is -2.89. The molecule has 232 valence electrons. The second-order valence-corrected chi connectivity index (χ2v) is 8.77. The molecule has 0 radical (unpaired) electrons. The van der Waals surface area contributed by atoms with E-state index in [0.29, 0.717) is 5.56 Å². The van der Waals surface area contributed by atoms with Crippen LogP contribution in [0, 0.1) is 6.92 Å². The van der Waals surface area contributed by atoms with Gasteiger partial charge in [-0.1, -0.05) is 0 Å². The molecule has 0 spiro atoms. The van der Waals surface area contributed by atoms with Crippen molar-refractivity contribution in [2.45, 2.75) is 73.8 Å². The lowest BCUT2D eigenvalue weighted by atomic mass is 9.87. The van der Waals surface area contributed by atoms with Crippen molar-refractivity contribution in [2.75, 3.05) is 0 Å². The number of pyridine rings is 2. The second-order valence-electron chi connectivity index (χ2n) is 8.77. The van der Waals surface area contributed by atoms with Gasteiger partial charge in [-0.3, -0.25) is 9.97 Å². The van der Waals surface area contributed by atoms with E-state index in [1.807, 2.05) is 0 Å². The average molecular weight is 630 g/mol. The van der Waals surface area contributed by atoms with Gasteiger partial charge in [0.2, 0.25) is 0 Å². The van der Waals surface area contributed by atoms with E-state index in [1.54, 1.807) is 13.0 Å². The minimum atomic E-state index is -8.63. The highest BCUT2D eigenvalue weighted by molar-refractivity contribution is 5.55. The van der Waals surface area contributed by atoms with Gasteiger partial charge in [-0.15, -0.1) is 0 Å². The number of nitrogens with zero attached hydrogens (tertiary/aromatic N) is 2. The molecular weight excluding hydrogens is 615 g/mol. The van der Waals surface area contributed by atoms with Gasteiger partial charge in [0.25, 0.3) is 0 Å². The highest BCUT2D eigenvalue weighted by Crippen LogP contribution is 2.64. The van der Waals surface area contributed by atoms with Gasteiger partial charge in [-0.2, -0.15) is 74.6 Å². The summed E-state index contributed by atoms with van der Waals surface area (Å²) in [7, 11) is 0. The Bertz CT molecular complexity index is 1220. The summed E-state index contributed by atoms with van der Waals surface area (Å²) < 4.78 is 227. The molecule has 0 saturated heterocycles. The highest BCUT2D eigenvalue weighted by Gasteiger charge is 2.95. The molecule has 2 aromatic rings. The van der Waals surface area contributed by atoms with E-state index in [2.05, 4.69) is 9.97 Å². The summed E-state index contributed by atoms with van der Waals surface area (Å²) in [6.07, 6.45) is -9.74. The van der Waals surface area contributed by atoms with Crippen LogP contribution in [0.3, 0.4) is 0 Å². The summed E-state index contributed by atoms with van der Waals surface area (Å²) in [6.45, 7) is 1.66. The topological polar surface area (TPSA) is 25.8 Å². The van der Waals surface area contributed by atoms with Crippen LogP contribution in [0.4, 0.5) is 74.6 Å². The third kappa shape index (κ3) is 5.51. The lowest BCUT2D eigenvalue weighted by Gasteiger charge is -2.42.